The molecule has 2 heterocycles. The van der Waals surface area contributed by atoms with Gasteiger partial charge in [0.05, 0.1) is 11.7 Å². The summed E-state index contributed by atoms with van der Waals surface area (Å²) in [4.78, 5) is 27.6. The lowest BCUT2D eigenvalue weighted by Crippen LogP contribution is -2.44. The number of amides is 2. The van der Waals surface area contributed by atoms with Crippen molar-refractivity contribution in [2.75, 3.05) is 52.4 Å². The van der Waals surface area contributed by atoms with Gasteiger partial charge in [0, 0.05) is 58.1 Å². The Kier molecular flexibility index (Phi) is 8.28. The molecule has 2 amide bonds. The lowest BCUT2D eigenvalue weighted by molar-refractivity contribution is -0.122. The van der Waals surface area contributed by atoms with Crippen molar-refractivity contribution >= 4 is 17.5 Å². The number of methoxy groups -OCH3 is 1. The van der Waals surface area contributed by atoms with Crippen LogP contribution in [0.25, 0.3) is 0 Å². The van der Waals surface area contributed by atoms with Gasteiger partial charge in [0.2, 0.25) is 5.91 Å². The summed E-state index contributed by atoms with van der Waals surface area (Å²) in [7, 11) is 3.44. The van der Waals surface area contributed by atoms with Crippen molar-refractivity contribution in [1.29, 1.82) is 0 Å². The number of benzene rings is 1. The third-order valence-corrected chi connectivity index (χ3v) is 6.08. The van der Waals surface area contributed by atoms with Crippen LogP contribution in [0.15, 0.2) is 18.2 Å². The smallest absolute Gasteiger partial charge is 0.257 e. The van der Waals surface area contributed by atoms with Gasteiger partial charge < -0.3 is 29.7 Å². The number of carbonyl (C=O) groups is 2. The number of hydrogen-bond donors (Lipinski definition) is 2. The van der Waals surface area contributed by atoms with Crippen molar-refractivity contribution in [3.8, 4) is 5.75 Å². The number of nitrogens with zero attached hydrogens (tertiary/aromatic N) is 1. The average molecular weight is 434 g/mol. The van der Waals surface area contributed by atoms with Gasteiger partial charge in [0.15, 0.2) is 0 Å². The quantitative estimate of drug-likeness (QED) is 0.759. The Hall–Kier alpha value is -2.16. The molecule has 8 nitrogen and oxygen atoms in total. The summed E-state index contributed by atoms with van der Waals surface area (Å²) in [6, 6.07) is 5.37. The molecular weight excluding hydrogens is 398 g/mol. The van der Waals surface area contributed by atoms with Crippen molar-refractivity contribution in [2.45, 2.75) is 38.8 Å². The van der Waals surface area contributed by atoms with Gasteiger partial charge in [-0.05, 0) is 43.9 Å². The largest absolute Gasteiger partial charge is 0.491 e. The Balaban J connectivity index is 1.83. The van der Waals surface area contributed by atoms with Gasteiger partial charge in [-0.1, -0.05) is 6.92 Å². The summed E-state index contributed by atoms with van der Waals surface area (Å²) in [5, 5.41) is 6.43. The molecular formula is C23H35N3O5. The van der Waals surface area contributed by atoms with E-state index in [2.05, 4.69) is 24.5 Å². The summed E-state index contributed by atoms with van der Waals surface area (Å²) < 4.78 is 17.0. The molecule has 3 rings (SSSR count). The number of hydrogen-bond acceptors (Lipinski definition) is 6. The Bertz CT molecular complexity index is 766. The number of anilines is 1. The van der Waals surface area contributed by atoms with Gasteiger partial charge in [0.1, 0.15) is 12.4 Å². The van der Waals surface area contributed by atoms with E-state index in [0.717, 1.165) is 6.54 Å². The van der Waals surface area contributed by atoms with Gasteiger partial charge in [-0.2, -0.15) is 0 Å². The van der Waals surface area contributed by atoms with Gasteiger partial charge in [-0.3, -0.25) is 9.59 Å². The zero-order valence-electron chi connectivity index (χ0n) is 19.0. The molecule has 2 aliphatic heterocycles. The molecule has 0 spiro atoms. The molecule has 1 fully saturated rings. The van der Waals surface area contributed by atoms with Crippen LogP contribution in [0.4, 0.5) is 5.69 Å². The van der Waals surface area contributed by atoms with Crippen molar-refractivity contribution in [1.82, 2.24) is 10.2 Å². The highest BCUT2D eigenvalue weighted by atomic mass is 16.5. The molecule has 31 heavy (non-hydrogen) atoms. The second kappa shape index (κ2) is 10.9. The van der Waals surface area contributed by atoms with E-state index >= 15 is 0 Å². The van der Waals surface area contributed by atoms with E-state index in [-0.39, 0.29) is 35.8 Å². The van der Waals surface area contributed by atoms with Gasteiger partial charge >= 0.3 is 0 Å². The average Bonchev–Trinajstić information content (AvgIpc) is 2.79. The number of nitrogens with one attached hydrogen (secondary N) is 2. The molecule has 172 valence electrons. The molecule has 0 saturated carbocycles. The maximum Gasteiger partial charge on any atom is 0.257 e. The molecule has 1 saturated heterocycles. The van der Waals surface area contributed by atoms with Crippen LogP contribution in [-0.2, 0) is 14.3 Å². The molecule has 3 atom stereocenters. The van der Waals surface area contributed by atoms with E-state index in [4.69, 9.17) is 14.2 Å². The van der Waals surface area contributed by atoms with Gasteiger partial charge in [0.25, 0.3) is 5.91 Å². The predicted molar refractivity (Wildman–Crippen MR) is 118 cm³/mol. The molecule has 0 bridgehead atoms. The molecule has 1 aromatic rings. The zero-order chi connectivity index (χ0) is 22.4. The Morgan fingerprint density at radius 3 is 2.71 bits per heavy atom. The highest BCUT2D eigenvalue weighted by Gasteiger charge is 2.26. The van der Waals surface area contributed by atoms with Crippen LogP contribution in [0.3, 0.4) is 0 Å². The zero-order valence-corrected chi connectivity index (χ0v) is 19.0. The van der Waals surface area contributed by atoms with E-state index in [9.17, 15) is 9.59 Å². The standard InChI is InChI=1S/C23H35N3O5/c1-15-12-24-16(2)14-31-20-6-5-18(25-22(27)17-7-9-30-10-8-17)11-19(20)23(28)26(3)13-21(15)29-4/h5-6,11,15-17,21,24H,7-10,12-14H2,1-4H3,(H,25,27)/t15-,16+,21+/m0/s1. The number of ether oxygens (including phenoxy) is 3. The number of rotatable bonds is 3. The normalized spacial score (nSPS) is 26.3. The minimum absolute atomic E-state index is 0.0378. The summed E-state index contributed by atoms with van der Waals surface area (Å²) in [6.45, 7) is 7.03. The van der Waals surface area contributed by atoms with E-state index in [1.807, 2.05) is 0 Å². The molecule has 0 radical (unpaired) electrons. The number of likely N-dealkylation sites (N-methyl/N-ethyl adjacent to an activating group) is 1. The SMILES string of the molecule is CO[C@@H]1CN(C)C(=O)c2cc(NC(=O)C3CCOCC3)ccc2OC[C@@H](C)NC[C@@H]1C. The first-order chi connectivity index (χ1) is 14.9. The maximum atomic E-state index is 13.3. The van der Waals surface area contributed by atoms with E-state index in [1.54, 1.807) is 37.3 Å². The topological polar surface area (TPSA) is 89.1 Å². The van der Waals surface area contributed by atoms with Crippen molar-refractivity contribution < 1.29 is 23.8 Å². The fraction of sp³-hybridized carbons (Fsp3) is 0.652. The molecule has 2 N–H and O–H groups in total. The Labute approximate surface area is 184 Å². The van der Waals surface area contributed by atoms with E-state index < -0.39 is 0 Å². The minimum Gasteiger partial charge on any atom is -0.491 e. The third kappa shape index (κ3) is 6.18. The number of carbonyl (C=O) groups excluding carboxylic acids is 2. The van der Waals surface area contributed by atoms with Gasteiger partial charge in [-0.15, -0.1) is 0 Å². The van der Waals surface area contributed by atoms with Gasteiger partial charge in [-0.25, -0.2) is 0 Å². The molecule has 1 aromatic carbocycles. The first-order valence-electron chi connectivity index (χ1n) is 11.1. The Morgan fingerprint density at radius 2 is 2.00 bits per heavy atom. The monoisotopic (exact) mass is 433 g/mol. The lowest BCUT2D eigenvalue weighted by atomic mass is 9.99. The predicted octanol–water partition coefficient (Wildman–Crippen LogP) is 2.15. The van der Waals surface area contributed by atoms with E-state index in [0.29, 0.717) is 56.2 Å². The molecule has 2 aliphatic rings. The van der Waals surface area contributed by atoms with Crippen LogP contribution < -0.4 is 15.4 Å². The van der Waals surface area contributed by atoms with E-state index in [1.165, 1.54) is 0 Å². The second-order valence-electron chi connectivity index (χ2n) is 8.64. The Morgan fingerprint density at radius 1 is 1.26 bits per heavy atom. The molecule has 8 heteroatoms. The summed E-state index contributed by atoms with van der Waals surface area (Å²) >= 11 is 0. The third-order valence-electron chi connectivity index (χ3n) is 6.08. The second-order valence-corrected chi connectivity index (χ2v) is 8.64. The maximum absolute atomic E-state index is 13.3. The van der Waals surface area contributed by atoms with Crippen LogP contribution in [0.2, 0.25) is 0 Å². The lowest BCUT2D eigenvalue weighted by Gasteiger charge is -2.30. The first kappa shape index (κ1) is 23.5. The van der Waals surface area contributed by atoms with Crippen LogP contribution in [0.5, 0.6) is 5.75 Å². The first-order valence-corrected chi connectivity index (χ1v) is 11.1. The van der Waals surface area contributed by atoms with Crippen molar-refractivity contribution in [2.24, 2.45) is 11.8 Å². The summed E-state index contributed by atoms with van der Waals surface area (Å²) in [5.74, 6) is 0.473. The summed E-state index contributed by atoms with van der Waals surface area (Å²) in [5.41, 5.74) is 1.03. The molecule has 0 unspecified atom stereocenters. The fourth-order valence-electron chi connectivity index (χ4n) is 3.94. The van der Waals surface area contributed by atoms with Crippen LogP contribution in [-0.4, -0.2) is 75.9 Å². The summed E-state index contributed by atoms with van der Waals surface area (Å²) in [6.07, 6.45) is 1.33. The van der Waals surface area contributed by atoms with Crippen LogP contribution in [0.1, 0.15) is 37.0 Å². The number of fused-ring (bicyclic) bond motifs is 1. The van der Waals surface area contributed by atoms with Crippen LogP contribution >= 0.6 is 0 Å². The molecule has 0 aromatic heterocycles. The molecule has 0 aliphatic carbocycles. The van der Waals surface area contributed by atoms with Crippen molar-refractivity contribution in [3.63, 3.8) is 0 Å². The minimum atomic E-state index is -0.160. The van der Waals surface area contributed by atoms with Crippen LogP contribution in [0, 0.1) is 11.8 Å². The highest BCUT2D eigenvalue weighted by molar-refractivity contribution is 5.99. The fourth-order valence-corrected chi connectivity index (χ4v) is 3.94. The van der Waals surface area contributed by atoms with Crippen molar-refractivity contribution in [3.05, 3.63) is 23.8 Å². The highest BCUT2D eigenvalue weighted by Crippen LogP contribution is 2.26.